The maximum Gasteiger partial charge on any atom is 0.261 e. The Morgan fingerprint density at radius 3 is 2.66 bits per heavy atom. The van der Waals surface area contributed by atoms with Crippen molar-refractivity contribution < 1.29 is 12.8 Å². The first-order valence-electron chi connectivity index (χ1n) is 10.4. The Kier molecular flexibility index (Phi) is 5.22. The van der Waals surface area contributed by atoms with E-state index in [-0.39, 0.29) is 28.6 Å². The van der Waals surface area contributed by atoms with Crippen LogP contribution in [0.1, 0.15) is 35.1 Å². The van der Waals surface area contributed by atoms with Gasteiger partial charge in [0.2, 0.25) is 0 Å². The van der Waals surface area contributed by atoms with Crippen LogP contribution in [0.2, 0.25) is 5.02 Å². The molecule has 1 aliphatic carbocycles. The van der Waals surface area contributed by atoms with Gasteiger partial charge in [-0.3, -0.25) is 4.72 Å². The van der Waals surface area contributed by atoms with Gasteiger partial charge in [-0.25, -0.2) is 12.8 Å². The molecule has 1 heterocycles. The van der Waals surface area contributed by atoms with Gasteiger partial charge in [-0.2, -0.15) is 0 Å². The van der Waals surface area contributed by atoms with Crippen molar-refractivity contribution in [3.8, 4) is 0 Å². The van der Waals surface area contributed by atoms with Gasteiger partial charge in [0.15, 0.2) is 0 Å². The maximum atomic E-state index is 13.4. The highest BCUT2D eigenvalue weighted by Crippen LogP contribution is 2.50. The van der Waals surface area contributed by atoms with Gasteiger partial charge in [-0.1, -0.05) is 42.0 Å². The van der Waals surface area contributed by atoms with Crippen molar-refractivity contribution in [2.45, 2.75) is 30.2 Å². The summed E-state index contributed by atoms with van der Waals surface area (Å²) in [5, 5.41) is 4.06. The number of nitrogens with one attached hydrogen (secondary N) is 2. The van der Waals surface area contributed by atoms with Crippen molar-refractivity contribution in [3.63, 3.8) is 0 Å². The lowest BCUT2D eigenvalue weighted by Crippen LogP contribution is -2.29. The zero-order valence-corrected chi connectivity index (χ0v) is 18.9. The molecular weight excluding hydrogens is 447 g/mol. The van der Waals surface area contributed by atoms with Crippen LogP contribution < -0.4 is 10.0 Å². The first kappa shape index (κ1) is 21.0. The molecule has 2 aliphatic rings. The highest BCUT2D eigenvalue weighted by atomic mass is 35.5. The summed E-state index contributed by atoms with van der Waals surface area (Å²) in [6.07, 6.45) is 5.15. The molecule has 0 radical (unpaired) electrons. The molecule has 32 heavy (non-hydrogen) atoms. The molecule has 3 aromatic rings. The Morgan fingerprint density at radius 1 is 1.09 bits per heavy atom. The number of halogens is 2. The maximum absolute atomic E-state index is 13.4. The quantitative estimate of drug-likeness (QED) is 0.434. The van der Waals surface area contributed by atoms with Crippen LogP contribution in [0.15, 0.2) is 77.7 Å². The third-order valence-electron chi connectivity index (χ3n) is 6.39. The summed E-state index contributed by atoms with van der Waals surface area (Å²) in [6.45, 7) is 1.78. The van der Waals surface area contributed by atoms with Crippen molar-refractivity contribution in [1.29, 1.82) is 0 Å². The normalized spacial score (nSPS) is 21.5. The summed E-state index contributed by atoms with van der Waals surface area (Å²) in [5.74, 6) is 0.0572. The van der Waals surface area contributed by atoms with E-state index in [2.05, 4.69) is 22.2 Å². The van der Waals surface area contributed by atoms with Crippen molar-refractivity contribution in [3.05, 3.63) is 100 Å². The molecule has 0 unspecified atom stereocenters. The molecule has 1 aliphatic heterocycles. The van der Waals surface area contributed by atoms with Gasteiger partial charge in [-0.05, 0) is 78.4 Å². The monoisotopic (exact) mass is 468 g/mol. The van der Waals surface area contributed by atoms with Gasteiger partial charge in [0, 0.05) is 16.6 Å². The number of fused-ring (bicyclic) bond motifs is 3. The van der Waals surface area contributed by atoms with E-state index in [1.165, 1.54) is 12.1 Å². The molecule has 164 valence electrons. The van der Waals surface area contributed by atoms with Crippen LogP contribution in [0.5, 0.6) is 0 Å². The second-order valence-corrected chi connectivity index (χ2v) is 10.4. The highest BCUT2D eigenvalue weighted by Gasteiger charge is 2.38. The lowest BCUT2D eigenvalue weighted by atomic mass is 9.77. The molecule has 2 N–H and O–H groups in total. The van der Waals surface area contributed by atoms with Crippen LogP contribution in [-0.2, 0) is 10.0 Å². The molecule has 0 saturated heterocycles. The molecular formula is C25H22ClFN2O2S. The van der Waals surface area contributed by atoms with E-state index in [0.29, 0.717) is 16.3 Å². The largest absolute Gasteiger partial charge is 0.378 e. The molecule has 0 saturated carbocycles. The first-order valence-corrected chi connectivity index (χ1v) is 12.3. The minimum Gasteiger partial charge on any atom is -0.378 e. The van der Waals surface area contributed by atoms with Gasteiger partial charge < -0.3 is 5.32 Å². The fourth-order valence-corrected chi connectivity index (χ4v) is 5.99. The van der Waals surface area contributed by atoms with Gasteiger partial charge in [0.05, 0.1) is 16.6 Å². The molecule has 4 nitrogen and oxygen atoms in total. The average molecular weight is 469 g/mol. The van der Waals surface area contributed by atoms with Crippen molar-refractivity contribution in [2.75, 3.05) is 10.0 Å². The predicted molar refractivity (Wildman–Crippen MR) is 126 cm³/mol. The molecule has 0 spiro atoms. The lowest BCUT2D eigenvalue weighted by molar-refractivity contribution is 0.424. The highest BCUT2D eigenvalue weighted by molar-refractivity contribution is 7.92. The second-order valence-electron chi connectivity index (χ2n) is 8.29. The van der Waals surface area contributed by atoms with Crippen LogP contribution in [0.25, 0.3) is 0 Å². The zero-order chi connectivity index (χ0) is 22.5. The van der Waals surface area contributed by atoms with E-state index < -0.39 is 10.0 Å². The lowest BCUT2D eigenvalue weighted by Gasteiger charge is -2.37. The summed E-state index contributed by atoms with van der Waals surface area (Å²) < 4.78 is 42.3. The summed E-state index contributed by atoms with van der Waals surface area (Å²) in [6, 6.07) is 16.9. The third-order valence-corrected chi connectivity index (χ3v) is 8.16. The minimum absolute atomic E-state index is 0.0257. The first-order chi connectivity index (χ1) is 15.3. The smallest absolute Gasteiger partial charge is 0.261 e. The SMILES string of the molecule is Cc1c(Cl)cccc1NS(=O)(=O)c1ccc2c(c1)[C@H]1C=CC[C@H]1[C@@H](c1ccc(F)cc1)N2. The molecule has 0 aromatic heterocycles. The van der Waals surface area contributed by atoms with Crippen LogP contribution in [-0.4, -0.2) is 8.42 Å². The van der Waals surface area contributed by atoms with Crippen molar-refractivity contribution in [1.82, 2.24) is 0 Å². The molecule has 7 heteroatoms. The van der Waals surface area contributed by atoms with E-state index in [1.54, 1.807) is 37.3 Å². The molecule has 0 fully saturated rings. The van der Waals surface area contributed by atoms with Crippen molar-refractivity contribution >= 4 is 33.0 Å². The zero-order valence-electron chi connectivity index (χ0n) is 17.3. The van der Waals surface area contributed by atoms with Crippen molar-refractivity contribution in [2.24, 2.45) is 5.92 Å². The number of sulfonamides is 1. The number of benzene rings is 3. The Balaban J connectivity index is 1.49. The number of anilines is 2. The van der Waals surface area contributed by atoms with Crippen LogP contribution in [0.4, 0.5) is 15.8 Å². The Hall–Kier alpha value is -2.83. The van der Waals surface area contributed by atoms with Gasteiger partial charge in [0.1, 0.15) is 5.82 Å². The number of hydrogen-bond acceptors (Lipinski definition) is 3. The second kappa shape index (κ2) is 7.94. The molecule has 3 aromatic carbocycles. The molecule has 0 amide bonds. The van der Waals surface area contributed by atoms with E-state index in [0.717, 1.165) is 23.2 Å². The van der Waals surface area contributed by atoms with Gasteiger partial charge in [0.25, 0.3) is 10.0 Å². The standard InChI is InChI=1S/C25H22ClFN2O2S/c1-15-22(26)6-3-7-23(15)29-32(30,31)18-12-13-24-21(14-18)19-4-2-5-20(19)25(28-24)16-8-10-17(27)11-9-16/h2-4,6-14,19-20,25,28-29H,5H2,1H3/t19-,20+,25+/m0/s1. The predicted octanol–water partition coefficient (Wildman–Crippen LogP) is 6.41. The Bertz CT molecular complexity index is 1320. The topological polar surface area (TPSA) is 58.2 Å². The van der Waals surface area contributed by atoms with Gasteiger partial charge >= 0.3 is 0 Å². The summed E-state index contributed by atoms with van der Waals surface area (Å²) in [7, 11) is -3.79. The molecule has 0 bridgehead atoms. The van der Waals surface area contributed by atoms with E-state index in [4.69, 9.17) is 11.6 Å². The average Bonchev–Trinajstić information content (AvgIpc) is 3.27. The van der Waals surface area contributed by atoms with Gasteiger partial charge in [-0.15, -0.1) is 0 Å². The van der Waals surface area contributed by atoms with Crippen LogP contribution in [0.3, 0.4) is 0 Å². The van der Waals surface area contributed by atoms with Crippen LogP contribution in [0, 0.1) is 18.7 Å². The summed E-state index contributed by atoms with van der Waals surface area (Å²) in [4.78, 5) is 0.205. The number of allylic oxidation sites excluding steroid dienone is 2. The number of rotatable bonds is 4. The fourth-order valence-electron chi connectivity index (χ4n) is 4.66. The summed E-state index contributed by atoms with van der Waals surface area (Å²) in [5.41, 5.74) is 4.00. The van der Waals surface area contributed by atoms with E-state index >= 15 is 0 Å². The molecule has 3 atom stereocenters. The Morgan fingerprint density at radius 2 is 1.88 bits per heavy atom. The molecule has 5 rings (SSSR count). The van der Waals surface area contributed by atoms with E-state index in [1.807, 2.05) is 18.2 Å². The number of hydrogen-bond donors (Lipinski definition) is 2. The fraction of sp³-hybridized carbons (Fsp3) is 0.200. The van der Waals surface area contributed by atoms with E-state index in [9.17, 15) is 12.8 Å². The Labute approximate surface area is 192 Å². The third kappa shape index (κ3) is 3.67. The summed E-state index contributed by atoms with van der Waals surface area (Å²) >= 11 is 6.15. The van der Waals surface area contributed by atoms with Crippen LogP contribution >= 0.6 is 11.6 Å². The minimum atomic E-state index is -3.79.